The van der Waals surface area contributed by atoms with Crippen molar-refractivity contribution in [2.24, 2.45) is 0 Å². The molecule has 164 valence electrons. The normalized spacial score (nSPS) is 10.8. The minimum atomic E-state index is -0.720. The largest absolute Gasteiger partial charge is 0.494 e. The number of aromatic nitrogens is 2. The zero-order valence-electron chi connectivity index (χ0n) is 18.3. The summed E-state index contributed by atoms with van der Waals surface area (Å²) in [6.45, 7) is 2.89. The number of carbonyl (C=O) groups is 1. The molecule has 1 heterocycles. The highest BCUT2D eigenvalue weighted by Crippen LogP contribution is 2.20. The molecule has 2 aromatic rings. The summed E-state index contributed by atoms with van der Waals surface area (Å²) in [6, 6.07) is 7.89. The minimum Gasteiger partial charge on any atom is -0.494 e. The third-order valence-corrected chi connectivity index (χ3v) is 5.19. The summed E-state index contributed by atoms with van der Waals surface area (Å²) in [4.78, 5) is 19.5. The molecule has 0 aliphatic rings. The Labute approximate surface area is 180 Å². The summed E-state index contributed by atoms with van der Waals surface area (Å²) < 4.78 is 5.77. The molecule has 5 nitrogen and oxygen atoms in total. The average Bonchev–Trinajstić information content (AvgIpc) is 2.76. The van der Waals surface area contributed by atoms with Crippen molar-refractivity contribution in [1.29, 1.82) is 0 Å². The van der Waals surface area contributed by atoms with Gasteiger partial charge in [0.15, 0.2) is 5.82 Å². The molecule has 0 bridgehead atoms. The first-order chi connectivity index (χ1) is 14.7. The Balaban J connectivity index is 1.67. The number of hydrogen-bond acceptors (Lipinski definition) is 4. The van der Waals surface area contributed by atoms with Crippen LogP contribution in [-0.2, 0) is 11.2 Å². The van der Waals surface area contributed by atoms with Crippen LogP contribution in [0.4, 0.5) is 0 Å². The lowest BCUT2D eigenvalue weighted by Crippen LogP contribution is -1.98. The predicted molar refractivity (Wildman–Crippen MR) is 121 cm³/mol. The van der Waals surface area contributed by atoms with Crippen LogP contribution < -0.4 is 4.74 Å². The Hall–Kier alpha value is -2.43. The van der Waals surface area contributed by atoms with E-state index >= 15 is 0 Å². The highest BCUT2D eigenvalue weighted by Gasteiger charge is 2.03. The van der Waals surface area contributed by atoms with Gasteiger partial charge in [0.05, 0.1) is 6.61 Å². The second-order valence-electron chi connectivity index (χ2n) is 7.86. The van der Waals surface area contributed by atoms with E-state index in [4.69, 9.17) is 9.84 Å². The number of rotatable bonds is 16. The molecule has 0 amide bonds. The van der Waals surface area contributed by atoms with Gasteiger partial charge in [-0.15, -0.1) is 0 Å². The minimum absolute atomic E-state index is 0.254. The number of carboxylic acids is 1. The van der Waals surface area contributed by atoms with E-state index in [0.29, 0.717) is 6.61 Å². The number of nitrogens with zero attached hydrogens (tertiary/aromatic N) is 2. The Morgan fingerprint density at radius 1 is 0.867 bits per heavy atom. The van der Waals surface area contributed by atoms with Gasteiger partial charge in [-0.2, -0.15) is 0 Å². The van der Waals surface area contributed by atoms with Crippen molar-refractivity contribution in [3.8, 4) is 17.1 Å². The molecular formula is C25H36N2O3. The molecule has 0 atom stereocenters. The molecule has 0 aliphatic carbocycles. The molecule has 0 radical (unpaired) electrons. The number of carboxylic acid groups (broad SMARTS) is 1. The van der Waals surface area contributed by atoms with Crippen molar-refractivity contribution in [2.75, 3.05) is 6.61 Å². The lowest BCUT2D eigenvalue weighted by atomic mass is 10.1. The molecular weight excluding hydrogens is 376 g/mol. The van der Waals surface area contributed by atoms with Gasteiger partial charge in [0, 0.05) is 24.4 Å². The monoisotopic (exact) mass is 412 g/mol. The molecule has 30 heavy (non-hydrogen) atoms. The molecule has 0 saturated heterocycles. The van der Waals surface area contributed by atoms with Gasteiger partial charge in [-0.1, -0.05) is 51.9 Å². The van der Waals surface area contributed by atoms with Crippen LogP contribution in [0.5, 0.6) is 5.75 Å². The Kier molecular flexibility index (Phi) is 11.6. The fourth-order valence-electron chi connectivity index (χ4n) is 3.36. The summed E-state index contributed by atoms with van der Waals surface area (Å²) >= 11 is 0. The maximum atomic E-state index is 10.5. The van der Waals surface area contributed by atoms with Crippen LogP contribution >= 0.6 is 0 Å². The maximum absolute atomic E-state index is 10.5. The number of hydrogen-bond donors (Lipinski definition) is 1. The van der Waals surface area contributed by atoms with Crippen molar-refractivity contribution in [3.05, 3.63) is 42.2 Å². The van der Waals surface area contributed by atoms with Gasteiger partial charge in [-0.05, 0) is 55.5 Å². The Morgan fingerprint density at radius 3 is 2.20 bits per heavy atom. The van der Waals surface area contributed by atoms with Crippen LogP contribution in [0.3, 0.4) is 0 Å². The first kappa shape index (κ1) is 23.8. The Bertz CT molecular complexity index is 714. The topological polar surface area (TPSA) is 72.3 Å². The van der Waals surface area contributed by atoms with Crippen molar-refractivity contribution < 1.29 is 14.6 Å². The van der Waals surface area contributed by atoms with Crippen LogP contribution in [0.25, 0.3) is 11.4 Å². The van der Waals surface area contributed by atoms with Gasteiger partial charge in [0.1, 0.15) is 5.75 Å². The number of aryl methyl sites for hydroxylation is 1. The fourth-order valence-corrected chi connectivity index (χ4v) is 3.36. The third-order valence-electron chi connectivity index (χ3n) is 5.19. The first-order valence-corrected chi connectivity index (χ1v) is 11.4. The smallest absolute Gasteiger partial charge is 0.303 e. The molecule has 0 unspecified atom stereocenters. The predicted octanol–water partition coefficient (Wildman–Crippen LogP) is 6.46. The highest BCUT2D eigenvalue weighted by atomic mass is 16.5. The summed E-state index contributed by atoms with van der Waals surface area (Å²) in [5.74, 6) is 0.860. The van der Waals surface area contributed by atoms with Crippen LogP contribution in [0.1, 0.15) is 83.1 Å². The lowest BCUT2D eigenvalue weighted by Gasteiger charge is -2.07. The van der Waals surface area contributed by atoms with Crippen LogP contribution in [0, 0.1) is 0 Å². The lowest BCUT2D eigenvalue weighted by molar-refractivity contribution is -0.137. The molecule has 0 aliphatic heterocycles. The van der Waals surface area contributed by atoms with E-state index in [1.165, 1.54) is 44.1 Å². The zero-order valence-corrected chi connectivity index (χ0v) is 18.3. The Morgan fingerprint density at radius 2 is 1.50 bits per heavy atom. The number of aliphatic carboxylic acids is 1. The second-order valence-corrected chi connectivity index (χ2v) is 7.86. The van der Waals surface area contributed by atoms with Gasteiger partial charge in [0.2, 0.25) is 0 Å². The maximum Gasteiger partial charge on any atom is 0.303 e. The molecule has 1 N–H and O–H groups in total. The summed E-state index contributed by atoms with van der Waals surface area (Å²) in [5, 5.41) is 8.62. The molecule has 0 saturated carbocycles. The van der Waals surface area contributed by atoms with E-state index in [0.717, 1.165) is 49.2 Å². The molecule has 1 aromatic carbocycles. The van der Waals surface area contributed by atoms with Crippen molar-refractivity contribution in [2.45, 2.75) is 84.0 Å². The third kappa shape index (κ3) is 9.86. The van der Waals surface area contributed by atoms with Gasteiger partial charge < -0.3 is 9.84 Å². The van der Waals surface area contributed by atoms with Crippen LogP contribution in [0.15, 0.2) is 36.7 Å². The van der Waals surface area contributed by atoms with E-state index < -0.39 is 5.97 Å². The van der Waals surface area contributed by atoms with Gasteiger partial charge in [-0.3, -0.25) is 4.79 Å². The zero-order chi connectivity index (χ0) is 21.4. The standard InChI is InChI=1S/C25H36N2O3/c1-2-3-4-5-6-9-12-21-19-26-25(27-20-21)22-14-16-23(17-15-22)30-18-11-8-7-10-13-24(28)29/h14-17,19-20H,2-13,18H2,1H3,(H,28,29). The number of ether oxygens (including phenoxy) is 1. The molecule has 1 aromatic heterocycles. The summed E-state index contributed by atoms with van der Waals surface area (Å²) in [7, 11) is 0. The number of unbranched alkanes of at least 4 members (excludes halogenated alkanes) is 8. The summed E-state index contributed by atoms with van der Waals surface area (Å²) in [5.41, 5.74) is 2.19. The molecule has 0 spiro atoms. The van der Waals surface area contributed by atoms with Crippen molar-refractivity contribution in [1.82, 2.24) is 9.97 Å². The second kappa shape index (κ2) is 14.5. The van der Waals surface area contributed by atoms with E-state index in [-0.39, 0.29) is 6.42 Å². The summed E-state index contributed by atoms with van der Waals surface area (Å²) in [6.07, 6.45) is 16.6. The van der Waals surface area contributed by atoms with Gasteiger partial charge >= 0.3 is 5.97 Å². The van der Waals surface area contributed by atoms with Gasteiger partial charge in [-0.25, -0.2) is 9.97 Å². The SMILES string of the molecule is CCCCCCCCc1cnc(-c2ccc(OCCCCCCC(=O)O)cc2)nc1. The van der Waals surface area contributed by atoms with E-state index in [1.807, 2.05) is 36.7 Å². The highest BCUT2D eigenvalue weighted by molar-refractivity contribution is 5.66. The first-order valence-electron chi connectivity index (χ1n) is 11.4. The molecule has 5 heteroatoms. The molecule has 2 rings (SSSR count). The van der Waals surface area contributed by atoms with Crippen molar-refractivity contribution >= 4 is 5.97 Å². The quantitative estimate of drug-likeness (QED) is 0.320. The number of benzene rings is 1. The van der Waals surface area contributed by atoms with Crippen molar-refractivity contribution in [3.63, 3.8) is 0 Å². The fraction of sp³-hybridized carbons (Fsp3) is 0.560. The van der Waals surface area contributed by atoms with Gasteiger partial charge in [0.25, 0.3) is 0 Å². The van der Waals surface area contributed by atoms with E-state index in [1.54, 1.807) is 0 Å². The van der Waals surface area contributed by atoms with E-state index in [9.17, 15) is 4.79 Å². The van der Waals surface area contributed by atoms with E-state index in [2.05, 4.69) is 16.9 Å². The van der Waals surface area contributed by atoms with Crippen LogP contribution in [0.2, 0.25) is 0 Å². The van der Waals surface area contributed by atoms with Crippen LogP contribution in [-0.4, -0.2) is 27.7 Å². The average molecular weight is 413 g/mol. The molecule has 0 fully saturated rings.